The zero-order valence-electron chi connectivity index (χ0n) is 32.5. The molecule has 1 aromatic heterocycles. The van der Waals surface area contributed by atoms with Crippen LogP contribution >= 0.6 is 10.7 Å². The third kappa shape index (κ3) is 8.79. The molecule has 1 unspecified atom stereocenters. The van der Waals surface area contributed by atoms with Crippen molar-refractivity contribution in [2.24, 2.45) is 17.8 Å². The monoisotopic (exact) mass is 763 g/mol. The van der Waals surface area contributed by atoms with Gasteiger partial charge in [0.25, 0.3) is 5.91 Å². The van der Waals surface area contributed by atoms with E-state index in [0.717, 1.165) is 63.5 Å². The van der Waals surface area contributed by atoms with Gasteiger partial charge in [-0.3, -0.25) is 14.4 Å². The Morgan fingerprint density at radius 1 is 1.22 bits per heavy atom. The van der Waals surface area contributed by atoms with Crippen molar-refractivity contribution in [2.45, 2.75) is 127 Å². The van der Waals surface area contributed by atoms with Gasteiger partial charge in [0.15, 0.2) is 11.6 Å². The molecule has 2 aliphatic heterocycles. The number of unbranched alkanes of at least 4 members (excludes halogenated alkanes) is 1. The third-order valence-electron chi connectivity index (χ3n) is 11.6. The summed E-state index contributed by atoms with van der Waals surface area (Å²) in [6, 6.07) is 3.18. The van der Waals surface area contributed by atoms with Crippen LogP contribution in [0.15, 0.2) is 48.8 Å². The molecule has 3 fully saturated rings. The standard InChI is InChI=1S/C42H58FN5O5S/c1-7-10-14-27(5)45-37-28(8-2)20-26(4)13-11-12-15-30-24-42(30,41(51)47-54(9-3)32-16-17-32)46-38(49)35-22-31(25-48(35)40(37)50)53-39-33-23-34(43)36(52-6)21-29(33)18-19-44-39/h9,12,15,18-19,21,23,26,28,30-32,35,37,45H,5,7-8,10-11,13-14,16-17,20,22,24-25H2,1-4,6H3,(H,46,49)(H,47,51)/b15-12-/t26-,28-,30-,31-,35+,37+,42-,54?/m1/s1. The average Bonchev–Trinajstić information content (AvgIpc) is 4.09. The first-order valence-corrected chi connectivity index (χ1v) is 21.2. The van der Waals surface area contributed by atoms with Crippen molar-refractivity contribution in [1.82, 2.24) is 25.2 Å². The number of amides is 3. The van der Waals surface area contributed by atoms with Crippen LogP contribution in [0.2, 0.25) is 0 Å². The summed E-state index contributed by atoms with van der Waals surface area (Å²) in [4.78, 5) is 49.8. The normalized spacial score (nSPS) is 29.9. The van der Waals surface area contributed by atoms with E-state index in [1.165, 1.54) is 13.2 Å². The fraction of sp³-hybridized carbons (Fsp3) is 0.595. The van der Waals surface area contributed by atoms with Crippen molar-refractivity contribution >= 4 is 44.5 Å². The van der Waals surface area contributed by atoms with E-state index in [2.05, 4.69) is 65.2 Å². The van der Waals surface area contributed by atoms with Crippen LogP contribution in [0.1, 0.15) is 98.3 Å². The van der Waals surface area contributed by atoms with Crippen LogP contribution in [0.4, 0.5) is 4.39 Å². The van der Waals surface area contributed by atoms with Crippen molar-refractivity contribution < 1.29 is 28.2 Å². The minimum absolute atomic E-state index is 0.00230. The first-order chi connectivity index (χ1) is 26.0. The smallest absolute Gasteiger partial charge is 0.255 e. The minimum Gasteiger partial charge on any atom is -0.494 e. The van der Waals surface area contributed by atoms with Crippen LogP contribution in [0, 0.1) is 23.6 Å². The molecule has 1 aromatic carbocycles. The lowest BCUT2D eigenvalue weighted by molar-refractivity contribution is -0.142. The molecule has 8 atom stereocenters. The van der Waals surface area contributed by atoms with E-state index in [-0.39, 0.29) is 64.8 Å². The molecule has 2 saturated carbocycles. The highest BCUT2D eigenvalue weighted by atomic mass is 32.2. The molecule has 294 valence electrons. The van der Waals surface area contributed by atoms with Gasteiger partial charge < -0.3 is 29.7 Å². The molecule has 2 aromatic rings. The largest absolute Gasteiger partial charge is 0.494 e. The summed E-state index contributed by atoms with van der Waals surface area (Å²) in [6.45, 7) is 12.9. The van der Waals surface area contributed by atoms with E-state index in [0.29, 0.717) is 28.4 Å². The number of benzene rings is 1. The highest BCUT2D eigenvalue weighted by molar-refractivity contribution is 8.14. The van der Waals surface area contributed by atoms with Gasteiger partial charge in [0, 0.05) is 34.9 Å². The van der Waals surface area contributed by atoms with E-state index in [9.17, 15) is 14.0 Å². The minimum atomic E-state index is -1.10. The van der Waals surface area contributed by atoms with Gasteiger partial charge in [-0.15, -0.1) is 0 Å². The first-order valence-electron chi connectivity index (χ1n) is 19.9. The summed E-state index contributed by atoms with van der Waals surface area (Å²) >= 11 is 0. The Morgan fingerprint density at radius 3 is 2.72 bits per heavy atom. The Labute approximate surface area is 322 Å². The van der Waals surface area contributed by atoms with Gasteiger partial charge >= 0.3 is 0 Å². The average molecular weight is 764 g/mol. The zero-order valence-corrected chi connectivity index (χ0v) is 33.3. The second-order valence-electron chi connectivity index (χ2n) is 15.7. The number of rotatable bonds is 12. The summed E-state index contributed by atoms with van der Waals surface area (Å²) in [5.41, 5.74) is -0.287. The lowest BCUT2D eigenvalue weighted by Crippen LogP contribution is -2.58. The number of nitrogens with one attached hydrogen (secondary N) is 3. The Kier molecular flexibility index (Phi) is 12.7. The number of hydrogen-bond donors (Lipinski definition) is 3. The second-order valence-corrected chi connectivity index (χ2v) is 17.7. The molecule has 12 heteroatoms. The van der Waals surface area contributed by atoms with Gasteiger partial charge in [0.2, 0.25) is 17.7 Å². The molecule has 1 saturated heterocycles. The summed E-state index contributed by atoms with van der Waals surface area (Å²) < 4.78 is 29.9. The maximum absolute atomic E-state index is 15.0. The molecule has 0 bridgehead atoms. The van der Waals surface area contributed by atoms with E-state index in [4.69, 9.17) is 9.47 Å². The van der Waals surface area contributed by atoms with Crippen molar-refractivity contribution in [3.63, 3.8) is 0 Å². The highest BCUT2D eigenvalue weighted by Crippen LogP contribution is 2.47. The number of fused-ring (bicyclic) bond motifs is 3. The molecule has 6 rings (SSSR count). The molecule has 4 aliphatic rings. The fourth-order valence-electron chi connectivity index (χ4n) is 8.13. The summed E-state index contributed by atoms with van der Waals surface area (Å²) in [6.07, 6.45) is 14.2. The molecule has 10 nitrogen and oxygen atoms in total. The maximum atomic E-state index is 15.0. The number of allylic oxidation sites excluding steroid dienone is 2. The zero-order chi connectivity index (χ0) is 38.6. The van der Waals surface area contributed by atoms with E-state index in [1.807, 2.05) is 6.92 Å². The molecule has 2 aliphatic carbocycles. The van der Waals surface area contributed by atoms with Crippen molar-refractivity contribution in [1.29, 1.82) is 0 Å². The Bertz CT molecular complexity index is 1800. The van der Waals surface area contributed by atoms with Crippen molar-refractivity contribution in [3.8, 4) is 11.6 Å². The van der Waals surface area contributed by atoms with Crippen LogP contribution in [0.5, 0.6) is 11.6 Å². The molecular weight excluding hydrogens is 706 g/mol. The molecular formula is C42H58FN5O5S. The molecule has 54 heavy (non-hydrogen) atoms. The number of aromatic nitrogens is 1. The van der Waals surface area contributed by atoms with Crippen LogP contribution in [-0.2, 0) is 14.4 Å². The number of hydrogen-bond acceptors (Lipinski definition) is 7. The fourth-order valence-corrected chi connectivity index (χ4v) is 9.84. The predicted molar refractivity (Wildman–Crippen MR) is 214 cm³/mol. The van der Waals surface area contributed by atoms with Gasteiger partial charge in [0.05, 0.1) is 13.7 Å². The lowest BCUT2D eigenvalue weighted by atomic mass is 9.84. The lowest BCUT2D eigenvalue weighted by Gasteiger charge is -2.35. The van der Waals surface area contributed by atoms with Crippen LogP contribution in [-0.4, -0.2) is 75.6 Å². The van der Waals surface area contributed by atoms with Crippen LogP contribution < -0.4 is 24.8 Å². The van der Waals surface area contributed by atoms with Crippen LogP contribution in [0.25, 0.3) is 10.8 Å². The predicted octanol–water partition coefficient (Wildman–Crippen LogP) is 6.95. The van der Waals surface area contributed by atoms with Gasteiger partial charge in [-0.1, -0.05) is 63.0 Å². The second kappa shape index (κ2) is 17.3. The quantitative estimate of drug-likeness (QED) is 0.158. The van der Waals surface area contributed by atoms with Gasteiger partial charge in [-0.05, 0) is 99.1 Å². The van der Waals surface area contributed by atoms with Crippen molar-refractivity contribution in [2.75, 3.05) is 13.7 Å². The van der Waals surface area contributed by atoms with E-state index < -0.39 is 29.5 Å². The van der Waals surface area contributed by atoms with Gasteiger partial charge in [-0.2, -0.15) is 0 Å². The molecule has 3 heterocycles. The number of methoxy groups -OCH3 is 1. The Balaban J connectivity index is 1.35. The van der Waals surface area contributed by atoms with Gasteiger partial charge in [0.1, 0.15) is 23.7 Å². The maximum Gasteiger partial charge on any atom is 0.255 e. The SMILES string of the molecule is C=C(CCCC)N[C@@H]1C(=O)N2C[C@H](Oc3nccc4cc(OC)c(F)cc34)C[C@H]2C(=O)N[C@]2(C(=O)N/S(=C/C)C3CC3)C[C@H]2/C=C\CC[C@@H](C)C[C@H]1CC. The van der Waals surface area contributed by atoms with Crippen molar-refractivity contribution in [3.05, 3.63) is 54.6 Å². The molecule has 3 amide bonds. The molecule has 3 N–H and O–H groups in total. The number of nitrogens with zero attached hydrogens (tertiary/aromatic N) is 2. The third-order valence-corrected chi connectivity index (χ3v) is 13.7. The number of halogens is 1. The topological polar surface area (TPSA) is 122 Å². The Morgan fingerprint density at radius 2 is 2.02 bits per heavy atom. The molecule has 0 spiro atoms. The number of carbonyl (C=O) groups is 3. The summed E-state index contributed by atoms with van der Waals surface area (Å²) in [5, 5.41) is 10.4. The van der Waals surface area contributed by atoms with Gasteiger partial charge in [-0.25, -0.2) is 9.37 Å². The van der Waals surface area contributed by atoms with E-state index in [1.54, 1.807) is 23.2 Å². The summed E-state index contributed by atoms with van der Waals surface area (Å²) in [5.74, 6) is -0.762. The highest BCUT2D eigenvalue weighted by Gasteiger charge is 2.61. The Hall–Kier alpha value is -3.93. The first kappa shape index (κ1) is 39.8. The number of carbonyl (C=O) groups excluding carboxylic acids is 3. The van der Waals surface area contributed by atoms with E-state index >= 15 is 4.79 Å². The number of pyridine rings is 1. The molecule has 0 radical (unpaired) electrons. The number of ether oxygens (including phenoxy) is 2. The summed E-state index contributed by atoms with van der Waals surface area (Å²) in [7, 11) is 1.05. The van der Waals surface area contributed by atoms with Crippen LogP contribution in [0.3, 0.4) is 0 Å².